The maximum atomic E-state index is 6.84. The van der Waals surface area contributed by atoms with Crippen LogP contribution in [-0.4, -0.2) is 19.5 Å². The zero-order valence-electron chi connectivity index (χ0n) is 30.4. The number of benzene rings is 8. The van der Waals surface area contributed by atoms with Crippen LogP contribution >= 0.6 is 0 Å². The minimum Gasteiger partial charge on any atom is -0.455 e. The van der Waals surface area contributed by atoms with Crippen molar-refractivity contribution in [2.75, 3.05) is 0 Å². The molecule has 4 heterocycles. The van der Waals surface area contributed by atoms with Crippen molar-refractivity contribution in [2.24, 2.45) is 0 Å². The molecule has 0 aliphatic rings. The molecule has 0 saturated carbocycles. The summed E-state index contributed by atoms with van der Waals surface area (Å²) >= 11 is 0. The molecule has 0 saturated heterocycles. The van der Waals surface area contributed by atoms with Crippen molar-refractivity contribution < 1.29 is 8.83 Å². The zero-order valence-corrected chi connectivity index (χ0v) is 30.4. The van der Waals surface area contributed by atoms with Gasteiger partial charge in [0, 0.05) is 54.6 Å². The summed E-state index contributed by atoms with van der Waals surface area (Å²) in [5.74, 6) is 1.82. The molecule has 0 aliphatic heterocycles. The van der Waals surface area contributed by atoms with Crippen LogP contribution in [0.15, 0.2) is 191 Å². The topological polar surface area (TPSA) is 69.9 Å². The van der Waals surface area contributed by atoms with E-state index in [1.165, 1.54) is 10.8 Å². The van der Waals surface area contributed by atoms with E-state index in [0.29, 0.717) is 17.5 Å². The van der Waals surface area contributed by atoms with Gasteiger partial charge in [-0.15, -0.1) is 0 Å². The van der Waals surface area contributed by atoms with Crippen molar-refractivity contribution in [3.63, 3.8) is 0 Å². The van der Waals surface area contributed by atoms with Gasteiger partial charge in [-0.2, -0.15) is 0 Å². The summed E-state index contributed by atoms with van der Waals surface area (Å²) in [4.78, 5) is 14.8. The van der Waals surface area contributed by atoms with Gasteiger partial charge in [-0.25, -0.2) is 15.0 Å². The molecule has 0 unspecified atom stereocenters. The van der Waals surface area contributed by atoms with Gasteiger partial charge in [-0.05, 0) is 42.0 Å². The predicted octanol–water partition coefficient (Wildman–Crippen LogP) is 13.4. The first-order valence-electron chi connectivity index (χ1n) is 19.0. The molecule has 0 atom stereocenters. The molecule has 0 radical (unpaired) electrons. The molecule has 266 valence electrons. The van der Waals surface area contributed by atoms with Gasteiger partial charge in [0.1, 0.15) is 16.7 Å². The molecule has 8 aromatic carbocycles. The lowest BCUT2D eigenvalue weighted by molar-refractivity contribution is 0.666. The Bertz CT molecular complexity index is 3410. The van der Waals surface area contributed by atoms with Crippen molar-refractivity contribution in [1.29, 1.82) is 0 Å². The Morgan fingerprint density at radius 1 is 0.351 bits per heavy atom. The highest BCUT2D eigenvalue weighted by molar-refractivity contribution is 6.19. The molecular formula is C51H30N4O2. The van der Waals surface area contributed by atoms with Crippen molar-refractivity contribution >= 4 is 65.7 Å². The van der Waals surface area contributed by atoms with Gasteiger partial charge in [-0.1, -0.05) is 146 Å². The summed E-state index contributed by atoms with van der Waals surface area (Å²) in [5, 5.41) is 6.59. The Labute approximate surface area is 325 Å². The fourth-order valence-electron chi connectivity index (χ4n) is 8.50. The molecule has 0 spiro atoms. The van der Waals surface area contributed by atoms with Crippen LogP contribution in [0.2, 0.25) is 0 Å². The highest BCUT2D eigenvalue weighted by atomic mass is 16.3. The third-order valence-electron chi connectivity index (χ3n) is 11.1. The van der Waals surface area contributed by atoms with E-state index < -0.39 is 0 Å². The first-order valence-corrected chi connectivity index (χ1v) is 19.0. The SMILES string of the molecule is c1ccc(-c2nc(-c3ccccc3)nc(-c3ccc4c(c3)oc3c(-c5cccc6oc7c(-n8c9ccccc9c9ccccc98)cccc7c56)cccc34)n2)cc1. The second-order valence-corrected chi connectivity index (χ2v) is 14.3. The highest BCUT2D eigenvalue weighted by Gasteiger charge is 2.22. The fraction of sp³-hybridized carbons (Fsp3) is 0. The molecule has 0 bridgehead atoms. The maximum Gasteiger partial charge on any atom is 0.164 e. The van der Waals surface area contributed by atoms with Gasteiger partial charge >= 0.3 is 0 Å². The zero-order chi connectivity index (χ0) is 37.5. The number of nitrogens with zero attached hydrogens (tertiary/aromatic N) is 4. The number of fused-ring (bicyclic) bond motifs is 9. The summed E-state index contributed by atoms with van der Waals surface area (Å²) in [5.41, 5.74) is 11.3. The molecular weight excluding hydrogens is 701 g/mol. The second-order valence-electron chi connectivity index (χ2n) is 14.3. The number of aromatic nitrogens is 4. The van der Waals surface area contributed by atoms with E-state index in [1.807, 2.05) is 66.7 Å². The minimum absolute atomic E-state index is 0.582. The Hall–Kier alpha value is -7.83. The van der Waals surface area contributed by atoms with E-state index >= 15 is 0 Å². The molecule has 4 aromatic heterocycles. The normalized spacial score (nSPS) is 11.9. The molecule has 0 fully saturated rings. The third-order valence-corrected chi connectivity index (χ3v) is 11.1. The summed E-state index contributed by atoms with van der Waals surface area (Å²) in [6, 6.07) is 62.5. The third kappa shape index (κ3) is 4.87. The van der Waals surface area contributed by atoms with Crippen LogP contribution in [0.5, 0.6) is 0 Å². The Morgan fingerprint density at radius 3 is 1.60 bits per heavy atom. The van der Waals surface area contributed by atoms with E-state index in [9.17, 15) is 0 Å². The molecule has 6 nitrogen and oxygen atoms in total. The van der Waals surface area contributed by atoms with E-state index in [1.54, 1.807) is 0 Å². The molecule has 0 aliphatic carbocycles. The van der Waals surface area contributed by atoms with Crippen LogP contribution in [0.25, 0.3) is 117 Å². The molecule has 0 amide bonds. The van der Waals surface area contributed by atoms with E-state index in [0.717, 1.165) is 88.4 Å². The standard InChI is InChI=1S/C51H30N4O2/c1-3-14-31(15-4-1)49-52-50(32-16-5-2-6-17-32)54-51(53-49)33-28-29-36-38-21-11-22-39(47(38)57-45(36)30-33)37-20-13-27-44-46(37)40-23-12-26-43(48(40)56-44)55-41-24-9-7-18-34(41)35-19-8-10-25-42(35)55/h1-30H. The van der Waals surface area contributed by atoms with E-state index in [2.05, 4.69) is 120 Å². The van der Waals surface area contributed by atoms with Gasteiger partial charge in [0.2, 0.25) is 0 Å². The smallest absolute Gasteiger partial charge is 0.164 e. The largest absolute Gasteiger partial charge is 0.455 e. The highest BCUT2D eigenvalue weighted by Crippen LogP contribution is 2.44. The Morgan fingerprint density at radius 2 is 0.895 bits per heavy atom. The lowest BCUT2D eigenvalue weighted by Crippen LogP contribution is -2.00. The monoisotopic (exact) mass is 730 g/mol. The van der Waals surface area contributed by atoms with Crippen LogP contribution in [0, 0.1) is 0 Å². The maximum absolute atomic E-state index is 6.84. The van der Waals surface area contributed by atoms with Crippen LogP contribution in [0.1, 0.15) is 0 Å². The molecule has 6 heteroatoms. The van der Waals surface area contributed by atoms with Crippen LogP contribution in [-0.2, 0) is 0 Å². The summed E-state index contributed by atoms with van der Waals surface area (Å²) in [6.07, 6.45) is 0. The average Bonchev–Trinajstić information content (AvgIpc) is 3.96. The number of rotatable bonds is 5. The summed E-state index contributed by atoms with van der Waals surface area (Å²) < 4.78 is 16.0. The van der Waals surface area contributed by atoms with E-state index in [4.69, 9.17) is 23.8 Å². The van der Waals surface area contributed by atoms with Crippen molar-refractivity contribution in [3.8, 4) is 51.0 Å². The van der Waals surface area contributed by atoms with Crippen LogP contribution < -0.4 is 0 Å². The van der Waals surface area contributed by atoms with Crippen LogP contribution in [0.4, 0.5) is 0 Å². The molecule has 12 rings (SSSR count). The number of para-hydroxylation sites is 4. The number of furan rings is 2. The Kier molecular flexibility index (Phi) is 6.83. The minimum atomic E-state index is 0.582. The average molecular weight is 731 g/mol. The van der Waals surface area contributed by atoms with Gasteiger partial charge in [0.05, 0.1) is 16.7 Å². The van der Waals surface area contributed by atoms with Crippen molar-refractivity contribution in [2.45, 2.75) is 0 Å². The van der Waals surface area contributed by atoms with Gasteiger partial charge < -0.3 is 13.4 Å². The molecule has 0 N–H and O–H groups in total. The summed E-state index contributed by atoms with van der Waals surface area (Å²) in [6.45, 7) is 0. The first kappa shape index (κ1) is 31.5. The predicted molar refractivity (Wildman–Crippen MR) is 230 cm³/mol. The molecule has 57 heavy (non-hydrogen) atoms. The number of hydrogen-bond donors (Lipinski definition) is 0. The number of hydrogen-bond acceptors (Lipinski definition) is 5. The Balaban J connectivity index is 1.03. The second kappa shape index (κ2) is 12.3. The van der Waals surface area contributed by atoms with Crippen molar-refractivity contribution in [3.05, 3.63) is 182 Å². The van der Waals surface area contributed by atoms with E-state index in [-0.39, 0.29) is 0 Å². The lowest BCUT2D eigenvalue weighted by Gasteiger charge is -2.08. The summed E-state index contributed by atoms with van der Waals surface area (Å²) in [7, 11) is 0. The van der Waals surface area contributed by atoms with Gasteiger partial charge in [-0.3, -0.25) is 0 Å². The van der Waals surface area contributed by atoms with Crippen LogP contribution in [0.3, 0.4) is 0 Å². The van der Waals surface area contributed by atoms with Crippen molar-refractivity contribution in [1.82, 2.24) is 19.5 Å². The fourth-order valence-corrected chi connectivity index (χ4v) is 8.50. The van der Waals surface area contributed by atoms with Gasteiger partial charge in [0.25, 0.3) is 0 Å². The quantitative estimate of drug-likeness (QED) is 0.176. The lowest BCUT2D eigenvalue weighted by atomic mass is 9.97. The first-order chi connectivity index (χ1) is 28.3. The molecule has 12 aromatic rings. The van der Waals surface area contributed by atoms with Gasteiger partial charge in [0.15, 0.2) is 23.1 Å².